The van der Waals surface area contributed by atoms with Crippen molar-refractivity contribution in [3.05, 3.63) is 0 Å². The van der Waals surface area contributed by atoms with Gasteiger partial charge in [-0.05, 0) is 41.0 Å². The van der Waals surface area contributed by atoms with Gasteiger partial charge in [0.05, 0.1) is 25.9 Å². The fourth-order valence-electron chi connectivity index (χ4n) is 2.15. The van der Waals surface area contributed by atoms with Crippen molar-refractivity contribution in [3.63, 3.8) is 0 Å². The minimum Gasteiger partial charge on any atom is -0.444 e. The Balaban J connectivity index is 2.62. The largest absolute Gasteiger partial charge is 0.444 e. The van der Waals surface area contributed by atoms with E-state index in [-0.39, 0.29) is 24.3 Å². The average Bonchev–Trinajstić information content (AvgIpc) is 2.48. The van der Waals surface area contributed by atoms with Gasteiger partial charge in [-0.15, -0.1) is 0 Å². The molecule has 0 aromatic rings. The molecule has 5 nitrogen and oxygen atoms in total. The molecular weight excluding hydrogens is 234 g/mol. The number of hydrogen-bond acceptors (Lipinski definition) is 4. The van der Waals surface area contributed by atoms with E-state index >= 15 is 0 Å². The Morgan fingerprint density at radius 2 is 2.06 bits per heavy atom. The Morgan fingerprint density at radius 3 is 2.56 bits per heavy atom. The minimum absolute atomic E-state index is 0.00334. The molecule has 1 fully saturated rings. The molecule has 18 heavy (non-hydrogen) atoms. The second-order valence-electron chi connectivity index (χ2n) is 6.32. The molecule has 0 aromatic carbocycles. The van der Waals surface area contributed by atoms with Gasteiger partial charge in [0.15, 0.2) is 0 Å². The monoisotopic (exact) mass is 259 g/mol. The first-order valence-corrected chi connectivity index (χ1v) is 6.39. The van der Waals surface area contributed by atoms with Crippen LogP contribution in [-0.2, 0) is 9.47 Å². The van der Waals surface area contributed by atoms with Gasteiger partial charge in [-0.3, -0.25) is 0 Å². The molecule has 106 valence electrons. The Labute approximate surface area is 109 Å². The number of rotatable bonds is 3. The van der Waals surface area contributed by atoms with Crippen molar-refractivity contribution in [1.29, 1.82) is 0 Å². The van der Waals surface area contributed by atoms with E-state index in [2.05, 4.69) is 0 Å². The molecule has 1 heterocycles. The number of hydrogen-bond donors (Lipinski definition) is 1. The lowest BCUT2D eigenvalue weighted by atomic mass is 10.0. The molecule has 1 aliphatic rings. The van der Waals surface area contributed by atoms with E-state index in [1.807, 2.05) is 34.6 Å². The van der Waals surface area contributed by atoms with Crippen LogP contribution in [0.1, 0.15) is 41.0 Å². The molecule has 1 amide bonds. The van der Waals surface area contributed by atoms with Crippen LogP contribution in [0.5, 0.6) is 0 Å². The zero-order chi connectivity index (χ0) is 14.0. The minimum atomic E-state index is -0.489. The van der Waals surface area contributed by atoms with Crippen molar-refractivity contribution in [2.24, 2.45) is 0 Å². The Kier molecular flexibility index (Phi) is 4.61. The molecule has 1 aliphatic heterocycles. The van der Waals surface area contributed by atoms with Crippen LogP contribution in [0.25, 0.3) is 0 Å². The summed E-state index contributed by atoms with van der Waals surface area (Å²) in [5, 5.41) is 8.75. The fraction of sp³-hybridized carbons (Fsp3) is 0.923. The second-order valence-corrected chi connectivity index (χ2v) is 6.32. The van der Waals surface area contributed by atoms with Gasteiger partial charge in [-0.25, -0.2) is 4.79 Å². The molecule has 0 aliphatic carbocycles. The predicted octanol–water partition coefficient (Wildman–Crippen LogP) is 1.78. The highest BCUT2D eigenvalue weighted by Gasteiger charge is 2.43. The first kappa shape index (κ1) is 15.2. The molecule has 1 N–H and O–H groups in total. The van der Waals surface area contributed by atoms with Crippen molar-refractivity contribution in [3.8, 4) is 0 Å². The summed E-state index contributed by atoms with van der Waals surface area (Å²) < 4.78 is 10.9. The number of carbonyl (C=O) groups excluding carboxylic acids is 1. The van der Waals surface area contributed by atoms with E-state index in [9.17, 15) is 4.79 Å². The third kappa shape index (κ3) is 4.14. The molecule has 1 saturated heterocycles. The lowest BCUT2D eigenvalue weighted by Gasteiger charge is -2.33. The summed E-state index contributed by atoms with van der Waals surface area (Å²) in [5.41, 5.74) is -0.764. The van der Waals surface area contributed by atoms with E-state index in [1.54, 1.807) is 4.90 Å². The highest BCUT2D eigenvalue weighted by molar-refractivity contribution is 5.69. The van der Waals surface area contributed by atoms with Crippen LogP contribution in [0.3, 0.4) is 0 Å². The van der Waals surface area contributed by atoms with Crippen LogP contribution in [0.2, 0.25) is 0 Å². The maximum absolute atomic E-state index is 12.1. The predicted molar refractivity (Wildman–Crippen MR) is 68.5 cm³/mol. The van der Waals surface area contributed by atoms with Crippen LogP contribution in [-0.4, -0.2) is 53.1 Å². The van der Waals surface area contributed by atoms with Crippen molar-refractivity contribution >= 4 is 6.09 Å². The topological polar surface area (TPSA) is 59.0 Å². The number of likely N-dealkylation sites (tertiary alicyclic amines) is 1. The van der Waals surface area contributed by atoms with Crippen LogP contribution in [0, 0.1) is 0 Å². The highest BCUT2D eigenvalue weighted by Crippen LogP contribution is 2.31. The quantitative estimate of drug-likeness (QED) is 0.839. The average molecular weight is 259 g/mol. The summed E-state index contributed by atoms with van der Waals surface area (Å²) in [5.74, 6) is 0. The fourth-order valence-corrected chi connectivity index (χ4v) is 2.15. The molecule has 0 radical (unpaired) electrons. The van der Waals surface area contributed by atoms with Gasteiger partial charge in [0.1, 0.15) is 5.60 Å². The lowest BCUT2D eigenvalue weighted by Crippen LogP contribution is -2.45. The second kappa shape index (κ2) is 5.45. The first-order valence-electron chi connectivity index (χ1n) is 6.39. The molecule has 0 unspecified atom stereocenters. The molecule has 0 saturated carbocycles. The smallest absolute Gasteiger partial charge is 0.410 e. The maximum atomic E-state index is 12.1. The lowest BCUT2D eigenvalue weighted by molar-refractivity contribution is 0.00826. The number of aliphatic hydroxyl groups excluding tert-OH is 1. The summed E-state index contributed by atoms with van der Waals surface area (Å²) >= 11 is 0. The number of nitrogens with zero attached hydrogens (tertiary/aromatic N) is 1. The zero-order valence-electron chi connectivity index (χ0n) is 12.0. The van der Waals surface area contributed by atoms with Gasteiger partial charge in [0, 0.05) is 5.54 Å². The molecule has 5 heteroatoms. The molecule has 0 bridgehead atoms. The van der Waals surface area contributed by atoms with Crippen molar-refractivity contribution in [2.75, 3.05) is 19.8 Å². The van der Waals surface area contributed by atoms with E-state index in [0.717, 1.165) is 6.42 Å². The summed E-state index contributed by atoms with van der Waals surface area (Å²) in [6.07, 6.45) is 0.425. The van der Waals surface area contributed by atoms with Crippen molar-refractivity contribution < 1.29 is 19.4 Å². The van der Waals surface area contributed by atoms with Gasteiger partial charge in [0.2, 0.25) is 0 Å². The van der Waals surface area contributed by atoms with Gasteiger partial charge < -0.3 is 19.5 Å². The first-order chi connectivity index (χ1) is 8.15. The van der Waals surface area contributed by atoms with Crippen LogP contribution < -0.4 is 0 Å². The maximum Gasteiger partial charge on any atom is 0.410 e. The van der Waals surface area contributed by atoms with Crippen LogP contribution in [0.15, 0.2) is 0 Å². The Bertz CT molecular complexity index is 296. The number of carbonyl (C=O) groups is 1. The summed E-state index contributed by atoms with van der Waals surface area (Å²) in [6, 6.07) is 0. The summed E-state index contributed by atoms with van der Waals surface area (Å²) in [6.45, 7) is 10.4. The number of amides is 1. The van der Waals surface area contributed by atoms with E-state index in [4.69, 9.17) is 14.6 Å². The summed E-state index contributed by atoms with van der Waals surface area (Å²) in [4.78, 5) is 13.8. The van der Waals surface area contributed by atoms with Crippen LogP contribution in [0.4, 0.5) is 4.79 Å². The van der Waals surface area contributed by atoms with Crippen LogP contribution >= 0.6 is 0 Å². The molecule has 0 aromatic heterocycles. The van der Waals surface area contributed by atoms with Gasteiger partial charge >= 0.3 is 6.09 Å². The third-order valence-electron chi connectivity index (χ3n) is 2.90. The standard InChI is InChI=1S/C13H25NO4/c1-12(2,3)18-11(16)14-9-10(17-7-6-15)8-13(14,4)5/h10,15H,6-9H2,1-5H3/t10-/m0/s1. The third-order valence-corrected chi connectivity index (χ3v) is 2.90. The normalized spacial score (nSPS) is 23.2. The molecule has 0 spiro atoms. The van der Waals surface area contributed by atoms with E-state index < -0.39 is 5.60 Å². The SMILES string of the molecule is CC(C)(C)OC(=O)N1C[C@@H](OCCO)CC1(C)C. The molecule has 1 rings (SSSR count). The number of ether oxygens (including phenoxy) is 2. The van der Waals surface area contributed by atoms with E-state index in [0.29, 0.717) is 13.2 Å². The van der Waals surface area contributed by atoms with Crippen molar-refractivity contribution in [1.82, 2.24) is 4.90 Å². The molecule has 1 atom stereocenters. The van der Waals surface area contributed by atoms with Gasteiger partial charge in [0.25, 0.3) is 0 Å². The Morgan fingerprint density at radius 1 is 1.44 bits per heavy atom. The zero-order valence-corrected chi connectivity index (χ0v) is 12.0. The Hall–Kier alpha value is -0.810. The van der Waals surface area contributed by atoms with Crippen molar-refractivity contribution in [2.45, 2.75) is 58.3 Å². The highest BCUT2D eigenvalue weighted by atomic mass is 16.6. The van der Waals surface area contributed by atoms with Gasteiger partial charge in [-0.2, -0.15) is 0 Å². The van der Waals surface area contributed by atoms with Gasteiger partial charge in [-0.1, -0.05) is 0 Å². The molecular formula is C13H25NO4. The van der Waals surface area contributed by atoms with E-state index in [1.165, 1.54) is 0 Å². The summed E-state index contributed by atoms with van der Waals surface area (Å²) in [7, 11) is 0. The number of aliphatic hydroxyl groups is 1.